The zero-order valence-electron chi connectivity index (χ0n) is 8.41. The molecule has 1 N–H and O–H groups in total. The summed E-state index contributed by atoms with van der Waals surface area (Å²) in [4.78, 5) is 3.47. The van der Waals surface area contributed by atoms with Gasteiger partial charge in [0.25, 0.3) is 10.0 Å². The maximum Gasteiger partial charge on any atom is 0.283 e. The topological polar surface area (TPSA) is 84.8 Å². The van der Waals surface area contributed by atoms with Crippen molar-refractivity contribution in [1.82, 2.24) is 15.2 Å². The van der Waals surface area contributed by atoms with Crippen LogP contribution in [-0.4, -0.2) is 23.6 Å². The van der Waals surface area contributed by atoms with E-state index in [2.05, 4.69) is 19.9 Å². The van der Waals surface area contributed by atoms with Crippen molar-refractivity contribution >= 4 is 15.8 Å². The summed E-state index contributed by atoms with van der Waals surface area (Å²) in [6, 6.07) is 5.21. The highest BCUT2D eigenvalue weighted by Crippen LogP contribution is 2.13. The minimum absolute atomic E-state index is 0.00227. The first kappa shape index (κ1) is 11.4. The minimum atomic E-state index is -4.08. The van der Waals surface area contributed by atoms with Crippen LogP contribution in [0, 0.1) is 5.82 Å². The van der Waals surface area contributed by atoms with Gasteiger partial charge in [0, 0.05) is 12.4 Å². The van der Waals surface area contributed by atoms with E-state index in [1.165, 1.54) is 30.6 Å². The van der Waals surface area contributed by atoms with E-state index in [0.717, 1.165) is 6.07 Å². The zero-order chi connectivity index (χ0) is 12.3. The van der Waals surface area contributed by atoms with Gasteiger partial charge >= 0.3 is 0 Å². The molecule has 0 spiro atoms. The fraction of sp³-hybridized carbons (Fsp3) is 0. The van der Waals surface area contributed by atoms with Crippen molar-refractivity contribution < 1.29 is 12.8 Å². The molecule has 0 aliphatic heterocycles. The number of anilines is 1. The predicted octanol–water partition coefficient (Wildman–Crippen LogP) is 0.811. The van der Waals surface area contributed by atoms with E-state index in [0.29, 0.717) is 0 Å². The van der Waals surface area contributed by atoms with Crippen molar-refractivity contribution in [3.63, 3.8) is 0 Å². The molecule has 0 fully saturated rings. The average molecular weight is 254 g/mol. The molecule has 0 saturated carbocycles. The second kappa shape index (κ2) is 4.42. The van der Waals surface area contributed by atoms with Crippen LogP contribution in [0.1, 0.15) is 0 Å². The van der Waals surface area contributed by atoms with E-state index < -0.39 is 20.9 Å². The van der Waals surface area contributed by atoms with Gasteiger partial charge in [-0.05, 0) is 24.3 Å². The molecule has 2 rings (SSSR count). The van der Waals surface area contributed by atoms with E-state index in [1.54, 1.807) is 0 Å². The highest BCUT2D eigenvalue weighted by molar-refractivity contribution is 7.92. The lowest BCUT2D eigenvalue weighted by Gasteiger charge is -2.05. The molecule has 8 heteroatoms. The Bertz CT molecular complexity index is 618. The number of rotatable bonds is 3. The lowest BCUT2D eigenvalue weighted by molar-refractivity contribution is 0.556. The summed E-state index contributed by atoms with van der Waals surface area (Å²) in [7, 11) is -4.08. The van der Waals surface area contributed by atoms with Crippen LogP contribution in [-0.2, 0) is 10.0 Å². The average Bonchev–Trinajstić information content (AvgIpc) is 2.30. The predicted molar refractivity (Wildman–Crippen MR) is 57.0 cm³/mol. The SMILES string of the molecule is O=S(=O)(Nc1cccnn1)c1ncccc1F. The zero-order valence-corrected chi connectivity index (χ0v) is 9.22. The van der Waals surface area contributed by atoms with Crippen LogP contribution < -0.4 is 4.72 Å². The van der Waals surface area contributed by atoms with E-state index in [4.69, 9.17) is 0 Å². The van der Waals surface area contributed by atoms with Gasteiger partial charge in [0.05, 0.1) is 0 Å². The van der Waals surface area contributed by atoms with Gasteiger partial charge in [-0.2, -0.15) is 13.5 Å². The number of hydrogen-bond acceptors (Lipinski definition) is 5. The van der Waals surface area contributed by atoms with Crippen molar-refractivity contribution in [2.24, 2.45) is 0 Å². The lowest BCUT2D eigenvalue weighted by Crippen LogP contribution is -2.17. The number of nitrogens with one attached hydrogen (secondary N) is 1. The summed E-state index contributed by atoms with van der Waals surface area (Å²) in [5.41, 5.74) is 0. The summed E-state index contributed by atoms with van der Waals surface area (Å²) >= 11 is 0. The molecule has 0 aromatic carbocycles. The first-order chi connectivity index (χ1) is 8.09. The fourth-order valence-electron chi connectivity index (χ4n) is 1.11. The molecule has 6 nitrogen and oxygen atoms in total. The molecule has 0 aliphatic carbocycles. The first-order valence-electron chi connectivity index (χ1n) is 4.50. The van der Waals surface area contributed by atoms with Crippen LogP contribution in [0.3, 0.4) is 0 Å². The number of aromatic nitrogens is 3. The van der Waals surface area contributed by atoms with Gasteiger partial charge in [-0.15, -0.1) is 5.10 Å². The van der Waals surface area contributed by atoms with E-state index in [9.17, 15) is 12.8 Å². The molecule has 2 aromatic heterocycles. The number of nitrogens with zero attached hydrogens (tertiary/aromatic N) is 3. The summed E-state index contributed by atoms with van der Waals surface area (Å²) in [5.74, 6) is -0.929. The quantitative estimate of drug-likeness (QED) is 0.876. The van der Waals surface area contributed by atoms with Gasteiger partial charge in [0.2, 0.25) is 5.03 Å². The Kier molecular flexibility index (Phi) is 2.96. The van der Waals surface area contributed by atoms with Crippen LogP contribution in [0.2, 0.25) is 0 Å². The molecule has 0 atom stereocenters. The Morgan fingerprint density at radius 3 is 2.59 bits per heavy atom. The van der Waals surface area contributed by atoms with Gasteiger partial charge in [-0.1, -0.05) is 0 Å². The molecule has 88 valence electrons. The lowest BCUT2D eigenvalue weighted by atomic mass is 10.5. The van der Waals surface area contributed by atoms with Crippen molar-refractivity contribution in [3.05, 3.63) is 42.5 Å². The maximum absolute atomic E-state index is 13.3. The number of hydrogen-bond donors (Lipinski definition) is 1. The molecule has 17 heavy (non-hydrogen) atoms. The van der Waals surface area contributed by atoms with Gasteiger partial charge in [0.15, 0.2) is 11.6 Å². The normalized spacial score (nSPS) is 11.1. The molecule has 0 amide bonds. The summed E-state index contributed by atoms with van der Waals surface area (Å²) in [6.45, 7) is 0. The van der Waals surface area contributed by atoms with E-state index >= 15 is 0 Å². The first-order valence-corrected chi connectivity index (χ1v) is 5.99. The highest BCUT2D eigenvalue weighted by Gasteiger charge is 2.20. The third-order valence-electron chi connectivity index (χ3n) is 1.79. The molecule has 0 radical (unpaired) electrons. The van der Waals surface area contributed by atoms with E-state index in [1.807, 2.05) is 0 Å². The van der Waals surface area contributed by atoms with Crippen molar-refractivity contribution in [2.75, 3.05) is 4.72 Å². The third-order valence-corrected chi connectivity index (χ3v) is 3.08. The van der Waals surface area contributed by atoms with E-state index in [-0.39, 0.29) is 5.82 Å². The monoisotopic (exact) mass is 254 g/mol. The summed E-state index contributed by atoms with van der Waals surface area (Å²) in [5, 5.41) is 6.35. The van der Waals surface area contributed by atoms with Crippen molar-refractivity contribution in [3.8, 4) is 0 Å². The Hall–Kier alpha value is -2.09. The standard InChI is InChI=1S/C9H7FN4O2S/c10-7-3-1-5-11-9(7)17(15,16)14-8-4-2-6-12-13-8/h1-6H,(H,13,14). The molecule has 0 aliphatic rings. The van der Waals surface area contributed by atoms with Crippen LogP contribution in [0.15, 0.2) is 41.7 Å². The fourth-order valence-corrected chi connectivity index (χ4v) is 2.12. The highest BCUT2D eigenvalue weighted by atomic mass is 32.2. The minimum Gasteiger partial charge on any atom is -0.260 e. The molecular formula is C9H7FN4O2S. The molecule has 0 unspecified atom stereocenters. The molecule has 0 bridgehead atoms. The van der Waals surface area contributed by atoms with Gasteiger partial charge in [-0.3, -0.25) is 4.72 Å². The van der Waals surface area contributed by atoms with Crippen molar-refractivity contribution in [1.29, 1.82) is 0 Å². The van der Waals surface area contributed by atoms with Crippen LogP contribution in [0.5, 0.6) is 0 Å². The van der Waals surface area contributed by atoms with Crippen molar-refractivity contribution in [2.45, 2.75) is 5.03 Å². The van der Waals surface area contributed by atoms with Crippen LogP contribution in [0.4, 0.5) is 10.2 Å². The van der Waals surface area contributed by atoms with Gasteiger partial charge in [0.1, 0.15) is 0 Å². The Morgan fingerprint density at radius 1 is 1.18 bits per heavy atom. The Balaban J connectivity index is 2.36. The van der Waals surface area contributed by atoms with Gasteiger partial charge < -0.3 is 0 Å². The number of halogens is 1. The largest absolute Gasteiger partial charge is 0.283 e. The van der Waals surface area contributed by atoms with Gasteiger partial charge in [-0.25, -0.2) is 9.37 Å². The summed E-state index contributed by atoms with van der Waals surface area (Å²) in [6.07, 6.45) is 2.58. The summed E-state index contributed by atoms with van der Waals surface area (Å²) < 4.78 is 38.8. The molecular weight excluding hydrogens is 247 g/mol. The molecule has 0 saturated heterocycles. The number of sulfonamides is 1. The number of pyridine rings is 1. The second-order valence-electron chi connectivity index (χ2n) is 3.00. The van der Waals surface area contributed by atoms with Crippen LogP contribution in [0.25, 0.3) is 0 Å². The smallest absolute Gasteiger partial charge is 0.260 e. The third kappa shape index (κ3) is 2.53. The Labute approximate surface area is 96.6 Å². The maximum atomic E-state index is 13.3. The van der Waals surface area contributed by atoms with Crippen LogP contribution >= 0.6 is 0 Å². The Morgan fingerprint density at radius 2 is 1.94 bits per heavy atom. The molecule has 2 aromatic rings. The second-order valence-corrected chi connectivity index (χ2v) is 4.60. The molecule has 2 heterocycles.